The maximum absolute atomic E-state index is 12.0. The molecule has 3 fully saturated rings. The maximum Gasteiger partial charge on any atom is 0.496 e. The fourth-order valence-corrected chi connectivity index (χ4v) is 8.75. The lowest BCUT2D eigenvalue weighted by atomic mass is 9.76. The summed E-state index contributed by atoms with van der Waals surface area (Å²) in [5.74, 6) is -1.77. The van der Waals surface area contributed by atoms with Gasteiger partial charge in [0.1, 0.15) is 18.3 Å². The van der Waals surface area contributed by atoms with E-state index in [0.29, 0.717) is 39.3 Å². The summed E-state index contributed by atoms with van der Waals surface area (Å²) in [4.78, 5) is 28.3. The van der Waals surface area contributed by atoms with Crippen LogP contribution in [0, 0.1) is 0 Å². The fourth-order valence-electron chi connectivity index (χ4n) is 8.75. The molecule has 7 aliphatic rings. The Morgan fingerprint density at radius 3 is 1.59 bits per heavy atom. The zero-order chi connectivity index (χ0) is 38.3. The molecule has 7 heterocycles. The Kier molecular flexibility index (Phi) is 10.4. The number of aliphatic hydroxyl groups excluding tert-OH is 1. The van der Waals surface area contributed by atoms with Gasteiger partial charge in [-0.25, -0.2) is 0 Å². The number of carboxylic acid groups (broad SMARTS) is 2. The van der Waals surface area contributed by atoms with Crippen molar-refractivity contribution in [2.75, 3.05) is 19.7 Å². The van der Waals surface area contributed by atoms with Crippen LogP contribution in [-0.4, -0.2) is 102 Å². The standard InChI is InChI=1S/C42H42B2N2O10/c47-37(48)17-19-45-21-26-9-1-7-15-34(26)43-52-25-36(54-43)40-39(51)41-42(53-40)56-44(55-41)35-16-8-2-10-27(35)22-46(20-18-38(49)50)24-33-30-13-5-3-11-28(30)32(23-45)29-12-4-6-14-31(29)33/h1-16,36,39-42,51H,17-25H2,(H,47,48)(H,49,50)/t36-,39-,40+,41+,42+/m0/s1. The number of aliphatic hydroxyl groups is 1. The lowest BCUT2D eigenvalue weighted by molar-refractivity contribution is -0.138. The first kappa shape index (κ1) is 37.0. The number of ether oxygens (including phenoxy) is 1. The zero-order valence-electron chi connectivity index (χ0n) is 30.7. The minimum absolute atomic E-state index is 0.0428. The van der Waals surface area contributed by atoms with E-state index in [4.69, 9.17) is 23.4 Å². The van der Waals surface area contributed by atoms with Crippen molar-refractivity contribution in [2.45, 2.75) is 69.7 Å². The smallest absolute Gasteiger partial charge is 0.481 e. The van der Waals surface area contributed by atoms with Gasteiger partial charge in [-0.2, -0.15) is 0 Å². The summed E-state index contributed by atoms with van der Waals surface area (Å²) < 4.78 is 31.7. The minimum atomic E-state index is -1.04. The molecule has 0 saturated carbocycles. The molecule has 0 spiro atoms. The molecule has 12 rings (SSSR count). The van der Waals surface area contributed by atoms with Crippen molar-refractivity contribution in [3.05, 3.63) is 119 Å². The SMILES string of the molecule is O=C(O)CCN1Cc2ccccc2B2O[C@H]3O[C@@H]([C@H](O)[C@H]3O2)[C@@H]2COB(O2)c2ccccc2CN(CCC(=O)O)Cc2c3ccccc3c(c3ccccc23)C1. The number of benzene rings is 5. The van der Waals surface area contributed by atoms with Gasteiger partial charge in [-0.1, -0.05) is 97.1 Å². The van der Waals surface area contributed by atoms with Crippen LogP contribution in [0.15, 0.2) is 97.1 Å². The van der Waals surface area contributed by atoms with Crippen LogP contribution in [-0.2, 0) is 59.1 Å². The van der Waals surface area contributed by atoms with Crippen LogP contribution in [0.3, 0.4) is 0 Å². The molecule has 286 valence electrons. The second-order valence-electron chi connectivity index (χ2n) is 15.0. The van der Waals surface area contributed by atoms with Gasteiger partial charge in [-0.15, -0.1) is 0 Å². The largest absolute Gasteiger partial charge is 0.496 e. The van der Waals surface area contributed by atoms with Gasteiger partial charge in [-0.3, -0.25) is 19.4 Å². The maximum atomic E-state index is 12.0. The fraction of sp³-hybridized carbons (Fsp3) is 0.333. The molecule has 5 aromatic rings. The summed E-state index contributed by atoms with van der Waals surface area (Å²) in [5, 5.41) is 35.4. The molecule has 0 unspecified atom stereocenters. The highest BCUT2D eigenvalue weighted by Crippen LogP contribution is 2.37. The van der Waals surface area contributed by atoms with Crippen LogP contribution >= 0.6 is 0 Å². The molecule has 12 nitrogen and oxygen atoms in total. The number of aliphatic carboxylic acids is 2. The van der Waals surface area contributed by atoms with Gasteiger partial charge in [0.15, 0.2) is 6.29 Å². The number of rotatable bonds is 6. The lowest BCUT2D eigenvalue weighted by Gasteiger charge is -2.28. The predicted octanol–water partition coefficient (Wildman–Crippen LogP) is 3.27. The number of hydrogen-bond acceptors (Lipinski definition) is 10. The number of hydrogen-bond donors (Lipinski definition) is 3. The lowest BCUT2D eigenvalue weighted by Crippen LogP contribution is -2.45. The van der Waals surface area contributed by atoms with Crippen molar-refractivity contribution in [3.8, 4) is 0 Å². The Balaban J connectivity index is 1.18. The number of carbonyl (C=O) groups is 2. The predicted molar refractivity (Wildman–Crippen MR) is 209 cm³/mol. The van der Waals surface area contributed by atoms with Crippen LogP contribution in [0.5, 0.6) is 0 Å². The molecule has 5 atom stereocenters. The third kappa shape index (κ3) is 7.23. The summed E-state index contributed by atoms with van der Waals surface area (Å²) in [7, 11) is -1.53. The molecule has 8 bridgehead atoms. The van der Waals surface area contributed by atoms with Gasteiger partial charge in [0.2, 0.25) is 0 Å². The molecule has 3 saturated heterocycles. The van der Waals surface area contributed by atoms with Crippen LogP contribution in [0.2, 0.25) is 0 Å². The van der Waals surface area contributed by atoms with E-state index in [1.54, 1.807) is 0 Å². The summed E-state index contributed by atoms with van der Waals surface area (Å²) in [6, 6.07) is 32.2. The van der Waals surface area contributed by atoms with E-state index in [1.807, 2.05) is 72.8 Å². The topological polar surface area (TPSA) is 147 Å². The molecule has 0 amide bonds. The molecule has 3 N–H and O–H groups in total. The normalized spacial score (nSPS) is 24.3. The minimum Gasteiger partial charge on any atom is -0.481 e. The molecule has 56 heavy (non-hydrogen) atoms. The van der Waals surface area contributed by atoms with E-state index in [9.17, 15) is 24.9 Å². The third-order valence-electron chi connectivity index (χ3n) is 11.5. The van der Waals surface area contributed by atoms with E-state index >= 15 is 0 Å². The van der Waals surface area contributed by atoms with Crippen LogP contribution in [0.25, 0.3) is 21.5 Å². The van der Waals surface area contributed by atoms with Crippen molar-refractivity contribution in [1.82, 2.24) is 9.80 Å². The highest BCUT2D eigenvalue weighted by molar-refractivity contribution is 6.62. The van der Waals surface area contributed by atoms with E-state index in [1.165, 1.54) is 0 Å². The highest BCUT2D eigenvalue weighted by atomic mass is 16.8. The first-order valence-electron chi connectivity index (χ1n) is 19.2. The average molecular weight is 756 g/mol. The van der Waals surface area contributed by atoms with Crippen LogP contribution < -0.4 is 10.9 Å². The molecular weight excluding hydrogens is 714 g/mol. The summed E-state index contributed by atoms with van der Waals surface area (Å²) >= 11 is 0. The van der Waals surface area contributed by atoms with Crippen molar-refractivity contribution in [2.24, 2.45) is 0 Å². The van der Waals surface area contributed by atoms with Crippen molar-refractivity contribution >= 4 is 58.6 Å². The van der Waals surface area contributed by atoms with Gasteiger partial charge in [-0.05, 0) is 54.7 Å². The van der Waals surface area contributed by atoms with E-state index in [2.05, 4.69) is 34.1 Å². The molecule has 7 aliphatic heterocycles. The Morgan fingerprint density at radius 2 is 1.09 bits per heavy atom. The van der Waals surface area contributed by atoms with Gasteiger partial charge >= 0.3 is 26.2 Å². The Hall–Kier alpha value is -4.63. The zero-order valence-corrected chi connectivity index (χ0v) is 30.7. The molecule has 5 aromatic carbocycles. The molecular formula is C42H42B2N2O10. The summed E-state index contributed by atoms with van der Waals surface area (Å²) in [6.07, 6.45) is -4.06. The van der Waals surface area contributed by atoms with E-state index in [0.717, 1.165) is 54.7 Å². The Bertz CT molecular complexity index is 2220. The molecule has 0 radical (unpaired) electrons. The monoisotopic (exact) mass is 756 g/mol. The highest BCUT2D eigenvalue weighted by Gasteiger charge is 2.57. The van der Waals surface area contributed by atoms with Crippen molar-refractivity contribution in [1.29, 1.82) is 0 Å². The van der Waals surface area contributed by atoms with Crippen LogP contribution in [0.4, 0.5) is 0 Å². The number of nitrogens with zero attached hydrogens (tertiary/aromatic N) is 2. The first-order valence-corrected chi connectivity index (χ1v) is 19.2. The summed E-state index contributed by atoms with van der Waals surface area (Å²) in [6.45, 7) is 2.56. The number of carboxylic acids is 2. The van der Waals surface area contributed by atoms with Crippen LogP contribution in [0.1, 0.15) is 35.1 Å². The second-order valence-corrected chi connectivity index (χ2v) is 15.0. The summed E-state index contributed by atoms with van der Waals surface area (Å²) in [5.41, 5.74) is 5.59. The molecule has 14 heteroatoms. The van der Waals surface area contributed by atoms with E-state index in [-0.39, 0.29) is 19.4 Å². The van der Waals surface area contributed by atoms with Gasteiger partial charge < -0.3 is 38.7 Å². The van der Waals surface area contributed by atoms with Crippen molar-refractivity contribution < 1.29 is 48.3 Å². The molecule has 0 aliphatic carbocycles. The average Bonchev–Trinajstić information content (AvgIpc) is 3.93. The third-order valence-corrected chi connectivity index (χ3v) is 11.5. The van der Waals surface area contributed by atoms with Gasteiger partial charge in [0, 0.05) is 39.3 Å². The van der Waals surface area contributed by atoms with Crippen molar-refractivity contribution in [3.63, 3.8) is 0 Å². The van der Waals surface area contributed by atoms with E-state index < -0.39 is 56.9 Å². The Morgan fingerprint density at radius 1 is 0.607 bits per heavy atom. The second kappa shape index (κ2) is 15.7. The Labute approximate surface area is 324 Å². The van der Waals surface area contributed by atoms with Gasteiger partial charge in [0.05, 0.1) is 25.6 Å². The quantitative estimate of drug-likeness (QED) is 0.173. The van der Waals surface area contributed by atoms with Gasteiger partial charge in [0.25, 0.3) is 0 Å². The first-order chi connectivity index (χ1) is 27.3. The molecule has 0 aromatic heterocycles.